The average Bonchev–Trinajstić information content (AvgIpc) is 2.79. The second-order valence-corrected chi connectivity index (χ2v) is 6.33. The average molecular weight is 344 g/mol. The van der Waals surface area contributed by atoms with E-state index in [0.29, 0.717) is 35.8 Å². The summed E-state index contributed by atoms with van der Waals surface area (Å²) in [7, 11) is 0. The van der Waals surface area contributed by atoms with Crippen molar-refractivity contribution in [2.75, 3.05) is 18.1 Å². The van der Waals surface area contributed by atoms with Crippen molar-refractivity contribution in [1.29, 1.82) is 0 Å². The molecule has 3 rings (SSSR count). The number of Topliss-reactive ketones (excluding diaryl/α,β-unsaturated/α-hetero) is 1. The number of nitrogens with zero attached hydrogens (tertiary/aromatic N) is 1. The number of anilines is 1. The summed E-state index contributed by atoms with van der Waals surface area (Å²) in [6.45, 7) is 4.73. The normalized spacial score (nSPS) is 13.4. The molecule has 0 spiro atoms. The van der Waals surface area contributed by atoms with Gasteiger partial charge in [0, 0.05) is 11.6 Å². The van der Waals surface area contributed by atoms with Crippen molar-refractivity contribution in [2.24, 2.45) is 0 Å². The highest BCUT2D eigenvalue weighted by atomic mass is 35.5. The number of hydrogen-bond acceptors (Lipinski definition) is 3. The summed E-state index contributed by atoms with van der Waals surface area (Å²) < 4.78 is 5.69. The lowest BCUT2D eigenvalue weighted by Gasteiger charge is -2.16. The number of hydrogen-bond donors (Lipinski definition) is 0. The van der Waals surface area contributed by atoms with E-state index < -0.39 is 11.7 Å². The van der Waals surface area contributed by atoms with Gasteiger partial charge in [-0.25, -0.2) is 0 Å². The van der Waals surface area contributed by atoms with Gasteiger partial charge in [-0.15, -0.1) is 0 Å². The minimum Gasteiger partial charge on any atom is -0.494 e. The van der Waals surface area contributed by atoms with E-state index in [9.17, 15) is 9.59 Å². The first-order chi connectivity index (χ1) is 11.5. The van der Waals surface area contributed by atoms with E-state index in [4.69, 9.17) is 16.3 Å². The van der Waals surface area contributed by atoms with Crippen LogP contribution in [-0.4, -0.2) is 24.8 Å². The Hall–Kier alpha value is -2.33. The first-order valence-electron chi connectivity index (χ1n) is 7.83. The SMILES string of the molecule is Cc1ccc2c(c1)C(=O)C(=O)N2CCCOc1ccc(Cl)c(C)c1. The number of amides is 1. The Morgan fingerprint density at radius 1 is 1.08 bits per heavy atom. The monoisotopic (exact) mass is 343 g/mol. The summed E-state index contributed by atoms with van der Waals surface area (Å²) in [4.78, 5) is 25.7. The molecule has 0 aliphatic carbocycles. The fourth-order valence-electron chi connectivity index (χ4n) is 2.76. The van der Waals surface area contributed by atoms with Gasteiger partial charge < -0.3 is 9.64 Å². The molecule has 0 saturated carbocycles. The minimum atomic E-state index is -0.460. The molecule has 0 radical (unpaired) electrons. The van der Waals surface area contributed by atoms with Crippen LogP contribution < -0.4 is 9.64 Å². The maximum atomic E-state index is 12.1. The molecule has 5 heteroatoms. The van der Waals surface area contributed by atoms with E-state index in [1.165, 1.54) is 4.90 Å². The van der Waals surface area contributed by atoms with E-state index in [-0.39, 0.29) is 0 Å². The molecule has 1 aliphatic rings. The van der Waals surface area contributed by atoms with Crippen LogP contribution in [0.5, 0.6) is 5.75 Å². The molecule has 1 aliphatic heterocycles. The third-order valence-corrected chi connectivity index (χ3v) is 4.48. The highest BCUT2D eigenvalue weighted by molar-refractivity contribution is 6.52. The molecule has 0 aromatic heterocycles. The Morgan fingerprint density at radius 2 is 1.88 bits per heavy atom. The first-order valence-corrected chi connectivity index (χ1v) is 8.21. The number of carbonyl (C=O) groups excluding carboxylic acids is 2. The fourth-order valence-corrected chi connectivity index (χ4v) is 2.87. The molecule has 0 fully saturated rings. The maximum absolute atomic E-state index is 12.1. The third kappa shape index (κ3) is 3.15. The number of fused-ring (bicyclic) bond motifs is 1. The maximum Gasteiger partial charge on any atom is 0.299 e. The zero-order valence-corrected chi connectivity index (χ0v) is 14.4. The summed E-state index contributed by atoms with van der Waals surface area (Å²) >= 11 is 5.99. The molecule has 0 N–H and O–H groups in total. The molecule has 2 aromatic carbocycles. The summed E-state index contributed by atoms with van der Waals surface area (Å²) in [6.07, 6.45) is 0.633. The Kier molecular flexibility index (Phi) is 4.58. The lowest BCUT2D eigenvalue weighted by Crippen LogP contribution is -2.31. The molecule has 2 aromatic rings. The number of rotatable bonds is 5. The highest BCUT2D eigenvalue weighted by Gasteiger charge is 2.35. The van der Waals surface area contributed by atoms with Crippen LogP contribution in [0.1, 0.15) is 27.9 Å². The van der Waals surface area contributed by atoms with Gasteiger partial charge in [0.25, 0.3) is 11.7 Å². The first kappa shape index (κ1) is 16.5. The number of aryl methyl sites for hydroxylation is 2. The zero-order valence-electron chi connectivity index (χ0n) is 13.6. The summed E-state index contributed by atoms with van der Waals surface area (Å²) in [5, 5.41) is 0.704. The number of ether oxygens (including phenoxy) is 1. The van der Waals surface area contributed by atoms with Crippen molar-refractivity contribution in [2.45, 2.75) is 20.3 Å². The summed E-state index contributed by atoms with van der Waals surface area (Å²) in [5.74, 6) is -0.141. The second-order valence-electron chi connectivity index (χ2n) is 5.92. The Bertz CT molecular complexity index is 816. The van der Waals surface area contributed by atoms with Crippen LogP contribution in [0.15, 0.2) is 36.4 Å². The highest BCUT2D eigenvalue weighted by Crippen LogP contribution is 2.29. The molecule has 4 nitrogen and oxygen atoms in total. The van der Waals surface area contributed by atoms with Crippen molar-refractivity contribution >= 4 is 29.0 Å². The van der Waals surface area contributed by atoms with Gasteiger partial charge in [-0.05, 0) is 56.2 Å². The van der Waals surface area contributed by atoms with Crippen molar-refractivity contribution in [3.05, 3.63) is 58.1 Å². The lowest BCUT2D eigenvalue weighted by atomic mass is 10.1. The smallest absolute Gasteiger partial charge is 0.299 e. The van der Waals surface area contributed by atoms with E-state index in [2.05, 4.69) is 0 Å². The molecule has 1 amide bonds. The van der Waals surface area contributed by atoms with Crippen LogP contribution >= 0.6 is 11.6 Å². The third-order valence-electron chi connectivity index (χ3n) is 4.05. The Morgan fingerprint density at radius 3 is 2.62 bits per heavy atom. The molecule has 0 atom stereocenters. The van der Waals surface area contributed by atoms with E-state index in [1.54, 1.807) is 12.1 Å². The summed E-state index contributed by atoms with van der Waals surface area (Å²) in [5.41, 5.74) is 3.11. The second kappa shape index (κ2) is 6.65. The minimum absolute atomic E-state index is 0.428. The van der Waals surface area contributed by atoms with Gasteiger partial charge in [-0.1, -0.05) is 23.2 Å². The van der Waals surface area contributed by atoms with Crippen molar-refractivity contribution in [1.82, 2.24) is 0 Å². The molecule has 0 unspecified atom stereocenters. The van der Waals surface area contributed by atoms with Gasteiger partial charge in [-0.2, -0.15) is 0 Å². The van der Waals surface area contributed by atoms with Gasteiger partial charge in [0.05, 0.1) is 17.9 Å². The molecule has 1 heterocycles. The molecule has 0 bridgehead atoms. The van der Waals surface area contributed by atoms with Gasteiger partial charge in [0.2, 0.25) is 0 Å². The standard InChI is InChI=1S/C19H18ClNO3/c1-12-4-7-17-15(10-12)18(22)19(23)21(17)8-3-9-24-14-5-6-16(20)13(2)11-14/h4-7,10-11H,3,8-9H2,1-2H3. The van der Waals surface area contributed by atoms with Crippen LogP contribution in [0, 0.1) is 13.8 Å². The van der Waals surface area contributed by atoms with Crippen LogP contribution in [-0.2, 0) is 4.79 Å². The van der Waals surface area contributed by atoms with Gasteiger partial charge in [0.15, 0.2) is 0 Å². The van der Waals surface area contributed by atoms with Gasteiger partial charge in [0.1, 0.15) is 5.75 Å². The fraction of sp³-hybridized carbons (Fsp3) is 0.263. The predicted molar refractivity (Wildman–Crippen MR) is 94.2 cm³/mol. The van der Waals surface area contributed by atoms with Crippen LogP contribution in [0.2, 0.25) is 5.02 Å². The number of ketones is 1. The molecule has 0 saturated heterocycles. The van der Waals surface area contributed by atoms with Crippen LogP contribution in [0.4, 0.5) is 5.69 Å². The van der Waals surface area contributed by atoms with Crippen LogP contribution in [0.25, 0.3) is 0 Å². The van der Waals surface area contributed by atoms with Crippen molar-refractivity contribution in [3.63, 3.8) is 0 Å². The van der Waals surface area contributed by atoms with E-state index in [0.717, 1.165) is 16.9 Å². The van der Waals surface area contributed by atoms with Crippen molar-refractivity contribution in [3.8, 4) is 5.75 Å². The zero-order chi connectivity index (χ0) is 17.3. The van der Waals surface area contributed by atoms with Crippen LogP contribution in [0.3, 0.4) is 0 Å². The predicted octanol–water partition coefficient (Wildman–Crippen LogP) is 3.96. The van der Waals surface area contributed by atoms with Crippen molar-refractivity contribution < 1.29 is 14.3 Å². The Balaban J connectivity index is 1.60. The quantitative estimate of drug-likeness (QED) is 0.610. The molecule has 124 valence electrons. The van der Waals surface area contributed by atoms with Gasteiger partial charge >= 0.3 is 0 Å². The number of benzene rings is 2. The topological polar surface area (TPSA) is 46.6 Å². The Labute approximate surface area is 146 Å². The molecular weight excluding hydrogens is 326 g/mol. The van der Waals surface area contributed by atoms with E-state index in [1.807, 2.05) is 38.1 Å². The van der Waals surface area contributed by atoms with E-state index >= 15 is 0 Å². The van der Waals surface area contributed by atoms with Gasteiger partial charge in [-0.3, -0.25) is 9.59 Å². The largest absolute Gasteiger partial charge is 0.494 e. The summed E-state index contributed by atoms with van der Waals surface area (Å²) in [6, 6.07) is 11.0. The lowest BCUT2D eigenvalue weighted by molar-refractivity contribution is -0.114. The molecular formula is C19H18ClNO3. The number of halogens is 1. The molecule has 24 heavy (non-hydrogen) atoms. The number of carbonyl (C=O) groups is 2.